The van der Waals surface area contributed by atoms with Gasteiger partial charge in [0, 0.05) is 42.4 Å². The van der Waals surface area contributed by atoms with Crippen LogP contribution in [-0.2, 0) is 11.5 Å². The minimum absolute atomic E-state index is 0.126. The summed E-state index contributed by atoms with van der Waals surface area (Å²) in [5.74, 6) is -3.09. The van der Waals surface area contributed by atoms with Crippen LogP contribution in [0, 0.1) is 22.9 Å². The van der Waals surface area contributed by atoms with E-state index in [0.717, 1.165) is 0 Å². The van der Waals surface area contributed by atoms with Gasteiger partial charge in [-0.15, -0.1) is 0 Å². The molecule has 4 rings (SSSR count). The van der Waals surface area contributed by atoms with Crippen LogP contribution in [0.25, 0.3) is 10.9 Å². The smallest absolute Gasteiger partial charge is 0.249 e. The van der Waals surface area contributed by atoms with Crippen LogP contribution in [-0.4, -0.2) is 59.4 Å². The van der Waals surface area contributed by atoms with E-state index in [1.165, 1.54) is 13.3 Å². The second-order valence-electron chi connectivity index (χ2n) is 10.0. The summed E-state index contributed by atoms with van der Waals surface area (Å²) in [7, 11) is 1.50. The van der Waals surface area contributed by atoms with Crippen molar-refractivity contribution in [1.82, 2.24) is 15.4 Å². The van der Waals surface area contributed by atoms with Crippen LogP contribution in [0.4, 0.5) is 23.2 Å². The fraction of sp³-hybridized carbons (Fsp3) is 0.429. The van der Waals surface area contributed by atoms with Crippen molar-refractivity contribution in [3.8, 4) is 5.75 Å². The third kappa shape index (κ3) is 6.29. The van der Waals surface area contributed by atoms with Gasteiger partial charge in [-0.2, -0.15) is 0 Å². The topological polar surface area (TPSA) is 107 Å². The van der Waals surface area contributed by atoms with Crippen LogP contribution < -0.4 is 15.5 Å². The zero-order valence-corrected chi connectivity index (χ0v) is 22.0. The number of nitrogens with zero attached hydrogens (tertiary/aromatic N) is 2. The number of carbonyl (C=O) groups excluding carboxylic acids is 1. The number of nitrogens with one attached hydrogen (secondary N) is 2. The highest BCUT2D eigenvalue weighted by molar-refractivity contribution is 5.85. The molecule has 2 heterocycles. The van der Waals surface area contributed by atoms with Crippen molar-refractivity contribution >= 4 is 22.5 Å². The number of alkyl halides is 1. The van der Waals surface area contributed by atoms with E-state index in [-0.39, 0.29) is 24.9 Å². The van der Waals surface area contributed by atoms with Crippen molar-refractivity contribution in [3.05, 3.63) is 65.1 Å². The molecule has 216 valence electrons. The molecule has 40 heavy (non-hydrogen) atoms. The van der Waals surface area contributed by atoms with E-state index in [0.29, 0.717) is 66.8 Å². The maximum absolute atomic E-state index is 13.9. The number of aliphatic hydroxyl groups excluding tert-OH is 1. The molecule has 3 aromatic rings. The second-order valence-corrected chi connectivity index (χ2v) is 10.0. The van der Waals surface area contributed by atoms with Gasteiger partial charge in [-0.25, -0.2) is 23.0 Å². The number of aromatic nitrogens is 1. The number of ether oxygens (including phenoxy) is 1. The summed E-state index contributed by atoms with van der Waals surface area (Å²) >= 11 is 0. The number of aliphatic hydroxyl groups is 1. The highest BCUT2D eigenvalue weighted by Gasteiger charge is 2.41. The number of halogens is 4. The average Bonchev–Trinajstić information content (AvgIpc) is 2.96. The fourth-order valence-electron chi connectivity index (χ4n) is 5.38. The first kappa shape index (κ1) is 29.5. The zero-order chi connectivity index (χ0) is 28.9. The molecule has 4 N–H and O–H groups in total. The molecule has 0 saturated carbocycles. The van der Waals surface area contributed by atoms with Crippen molar-refractivity contribution in [2.24, 2.45) is 5.41 Å². The lowest BCUT2D eigenvalue weighted by molar-refractivity contribution is -0.143. The number of methoxy groups -OCH3 is 1. The van der Waals surface area contributed by atoms with E-state index in [2.05, 4.69) is 10.3 Å². The third-order valence-corrected chi connectivity index (χ3v) is 7.71. The molecule has 0 spiro atoms. The minimum Gasteiger partial charge on any atom is -0.497 e. The Hall–Kier alpha value is -3.48. The van der Waals surface area contributed by atoms with Gasteiger partial charge in [0.05, 0.1) is 24.1 Å². The Kier molecular flexibility index (Phi) is 9.44. The minimum atomic E-state index is -1.10. The Bertz CT molecular complexity index is 1320. The number of rotatable bonds is 11. The quantitative estimate of drug-likeness (QED) is 0.153. The largest absolute Gasteiger partial charge is 0.497 e. The summed E-state index contributed by atoms with van der Waals surface area (Å²) in [6.07, 6.45) is 1.34. The van der Waals surface area contributed by atoms with E-state index < -0.39 is 47.2 Å². The van der Waals surface area contributed by atoms with Crippen LogP contribution in [0.1, 0.15) is 42.9 Å². The van der Waals surface area contributed by atoms with Crippen LogP contribution in [0.3, 0.4) is 0 Å². The van der Waals surface area contributed by atoms with E-state index in [9.17, 15) is 32.7 Å². The number of benzene rings is 2. The molecule has 1 atom stereocenters. The van der Waals surface area contributed by atoms with E-state index in [1.54, 1.807) is 23.7 Å². The summed E-state index contributed by atoms with van der Waals surface area (Å²) in [4.78, 5) is 19.1. The first-order valence-electron chi connectivity index (χ1n) is 13.0. The van der Waals surface area contributed by atoms with Crippen LogP contribution in [0.15, 0.2) is 36.5 Å². The van der Waals surface area contributed by atoms with Crippen molar-refractivity contribution < 1.29 is 37.4 Å². The number of likely N-dealkylation sites (tertiary alicyclic amines) is 1. The molecular weight excluding hydrogens is 532 g/mol. The molecule has 1 aliphatic rings. The molecular formula is C28H32F4N4O4. The second kappa shape index (κ2) is 12.8. The number of anilines is 1. The number of hydrogen-bond donors (Lipinski definition) is 4. The number of carbonyl (C=O) groups is 1. The van der Waals surface area contributed by atoms with E-state index >= 15 is 0 Å². The Labute approximate surface area is 228 Å². The summed E-state index contributed by atoms with van der Waals surface area (Å²) < 4.78 is 60.0. The van der Waals surface area contributed by atoms with Crippen molar-refractivity contribution in [3.63, 3.8) is 0 Å². The van der Waals surface area contributed by atoms with Gasteiger partial charge >= 0.3 is 0 Å². The standard InChI is InChI=1S/C28H32F4N4O4/c1-40-19-2-3-23-20(14-19)25(17(15-29)16-34-23)24(37)4-5-28(27(38)35-39)6-9-36(10-7-28)11-8-33-26-21(31)12-18(30)13-22(26)32/h2-3,12-14,16,24,33,37,39H,4-11,15H2,1H3,(H,35,38)/t24-/m1/s1. The molecule has 0 aliphatic carbocycles. The molecule has 1 saturated heterocycles. The maximum Gasteiger partial charge on any atom is 0.249 e. The SMILES string of the molecule is COc1ccc2ncc(CF)c([C@H](O)CCC3(C(=O)NO)CCN(CCNc4c(F)cc(F)cc4F)CC3)c2c1. The van der Waals surface area contributed by atoms with Crippen molar-refractivity contribution in [2.45, 2.75) is 38.5 Å². The molecule has 1 fully saturated rings. The number of hydroxylamine groups is 1. The highest BCUT2D eigenvalue weighted by Crippen LogP contribution is 2.40. The van der Waals surface area contributed by atoms with Crippen LogP contribution >= 0.6 is 0 Å². The van der Waals surface area contributed by atoms with Crippen LogP contribution in [0.5, 0.6) is 5.75 Å². The van der Waals surface area contributed by atoms with Gasteiger partial charge in [0.2, 0.25) is 5.91 Å². The van der Waals surface area contributed by atoms with Gasteiger partial charge < -0.3 is 20.1 Å². The molecule has 0 radical (unpaired) electrons. The summed E-state index contributed by atoms with van der Waals surface area (Å²) in [6, 6.07) is 6.33. The van der Waals surface area contributed by atoms with Gasteiger partial charge in [-0.05, 0) is 62.5 Å². The Morgan fingerprint density at radius 2 is 1.88 bits per heavy atom. The lowest BCUT2D eigenvalue weighted by Gasteiger charge is -2.40. The van der Waals surface area contributed by atoms with Crippen molar-refractivity contribution in [1.29, 1.82) is 0 Å². The average molecular weight is 565 g/mol. The molecule has 2 aromatic carbocycles. The molecule has 12 heteroatoms. The van der Waals surface area contributed by atoms with Gasteiger partial charge in [-0.3, -0.25) is 15.0 Å². The number of hydrogen-bond acceptors (Lipinski definition) is 7. The summed E-state index contributed by atoms with van der Waals surface area (Å²) in [5.41, 5.74) is 1.55. The third-order valence-electron chi connectivity index (χ3n) is 7.71. The number of fused-ring (bicyclic) bond motifs is 1. The van der Waals surface area contributed by atoms with Gasteiger partial charge in [0.1, 0.15) is 23.9 Å². The van der Waals surface area contributed by atoms with Crippen molar-refractivity contribution in [2.75, 3.05) is 38.6 Å². The lowest BCUT2D eigenvalue weighted by atomic mass is 9.73. The lowest BCUT2D eigenvalue weighted by Crippen LogP contribution is -2.49. The van der Waals surface area contributed by atoms with Gasteiger partial charge in [-0.1, -0.05) is 0 Å². The summed E-state index contributed by atoms with van der Waals surface area (Å²) in [5, 5.41) is 23.9. The Morgan fingerprint density at radius 3 is 2.50 bits per heavy atom. The molecule has 1 aromatic heterocycles. The highest BCUT2D eigenvalue weighted by atomic mass is 19.1. The number of piperidine rings is 1. The molecule has 1 aliphatic heterocycles. The van der Waals surface area contributed by atoms with E-state index in [1.807, 2.05) is 4.90 Å². The Morgan fingerprint density at radius 1 is 1.18 bits per heavy atom. The van der Waals surface area contributed by atoms with Crippen LogP contribution in [0.2, 0.25) is 0 Å². The zero-order valence-electron chi connectivity index (χ0n) is 22.0. The molecule has 8 nitrogen and oxygen atoms in total. The predicted octanol–water partition coefficient (Wildman–Crippen LogP) is 4.64. The Balaban J connectivity index is 1.42. The molecule has 0 bridgehead atoms. The first-order valence-corrected chi connectivity index (χ1v) is 13.0. The molecule has 1 amide bonds. The monoisotopic (exact) mass is 564 g/mol. The maximum atomic E-state index is 13.9. The summed E-state index contributed by atoms with van der Waals surface area (Å²) in [6.45, 7) is 0.654. The number of amides is 1. The van der Waals surface area contributed by atoms with Gasteiger partial charge in [0.15, 0.2) is 11.6 Å². The number of pyridine rings is 1. The fourth-order valence-corrected chi connectivity index (χ4v) is 5.38. The van der Waals surface area contributed by atoms with E-state index in [4.69, 9.17) is 4.74 Å². The predicted molar refractivity (Wildman–Crippen MR) is 140 cm³/mol. The first-order chi connectivity index (χ1) is 19.2. The normalized spacial score (nSPS) is 16.1. The molecule has 0 unspecified atom stereocenters. The van der Waals surface area contributed by atoms with Gasteiger partial charge in [0.25, 0.3) is 0 Å².